The van der Waals surface area contributed by atoms with E-state index in [0.29, 0.717) is 31.0 Å². The molecule has 0 atom stereocenters. The smallest absolute Gasteiger partial charge is 0.195 e. The van der Waals surface area contributed by atoms with Gasteiger partial charge in [0.15, 0.2) is 5.96 Å². The van der Waals surface area contributed by atoms with Crippen LogP contribution in [0.2, 0.25) is 0 Å². The van der Waals surface area contributed by atoms with E-state index in [2.05, 4.69) is 20.7 Å². The molecule has 1 heterocycles. The van der Waals surface area contributed by atoms with Crippen LogP contribution in [0, 0.1) is 5.82 Å². The molecule has 0 fully saturated rings. The molecule has 2 N–H and O–H groups in total. The summed E-state index contributed by atoms with van der Waals surface area (Å²) in [6.07, 6.45) is 5.34. The van der Waals surface area contributed by atoms with Crippen LogP contribution in [0.4, 0.5) is 10.1 Å². The topological polar surface area (TPSA) is 63.5 Å². The molecule has 0 saturated heterocycles. The molecule has 0 bridgehead atoms. The summed E-state index contributed by atoms with van der Waals surface area (Å²) in [4.78, 5) is 4.64. The zero-order valence-corrected chi connectivity index (χ0v) is 21.0. The van der Waals surface area contributed by atoms with E-state index in [-0.39, 0.29) is 35.9 Å². The zero-order valence-electron chi connectivity index (χ0n) is 18.7. The Labute approximate surface area is 206 Å². The predicted octanol–water partition coefficient (Wildman–Crippen LogP) is 4.81. The van der Waals surface area contributed by atoms with Crippen molar-refractivity contribution in [3.63, 3.8) is 0 Å². The van der Waals surface area contributed by atoms with Crippen molar-refractivity contribution in [2.45, 2.75) is 32.8 Å². The maximum Gasteiger partial charge on any atom is 0.195 e. The van der Waals surface area contributed by atoms with E-state index in [4.69, 9.17) is 4.74 Å². The normalized spacial score (nSPS) is 11.2. The molecule has 3 aromatic rings. The Balaban J connectivity index is 0.00000363. The van der Waals surface area contributed by atoms with Gasteiger partial charge in [-0.2, -0.15) is 5.10 Å². The van der Waals surface area contributed by atoms with Crippen LogP contribution in [0.15, 0.2) is 65.9 Å². The first kappa shape index (κ1) is 25.6. The van der Waals surface area contributed by atoms with Gasteiger partial charge in [-0.15, -0.1) is 24.0 Å². The molecule has 3 rings (SSSR count). The van der Waals surface area contributed by atoms with Crippen molar-refractivity contribution in [1.82, 2.24) is 15.1 Å². The maximum atomic E-state index is 13.9. The average molecular weight is 551 g/mol. The van der Waals surface area contributed by atoms with Crippen molar-refractivity contribution >= 4 is 35.6 Å². The second-order valence-electron chi connectivity index (χ2n) is 7.59. The van der Waals surface area contributed by atoms with Crippen LogP contribution in [0.3, 0.4) is 0 Å². The van der Waals surface area contributed by atoms with Crippen LogP contribution in [-0.4, -0.2) is 34.9 Å². The fourth-order valence-electron chi connectivity index (χ4n) is 3.08. The van der Waals surface area contributed by atoms with E-state index >= 15 is 0 Å². The number of anilines is 1. The fourth-order valence-corrected chi connectivity index (χ4v) is 3.08. The quantitative estimate of drug-likeness (QED) is 0.228. The molecule has 8 heteroatoms. The van der Waals surface area contributed by atoms with E-state index in [1.54, 1.807) is 16.8 Å². The van der Waals surface area contributed by atoms with Crippen LogP contribution in [-0.2, 0) is 19.9 Å². The summed E-state index contributed by atoms with van der Waals surface area (Å²) < 4.78 is 21.4. The van der Waals surface area contributed by atoms with Gasteiger partial charge in [0.1, 0.15) is 11.6 Å². The second kappa shape index (κ2) is 13.0. The summed E-state index contributed by atoms with van der Waals surface area (Å²) in [5, 5.41) is 10.9. The van der Waals surface area contributed by atoms with Gasteiger partial charge < -0.3 is 15.4 Å². The van der Waals surface area contributed by atoms with Crippen molar-refractivity contribution in [2.75, 3.05) is 18.4 Å². The maximum absolute atomic E-state index is 13.9. The van der Waals surface area contributed by atoms with Crippen molar-refractivity contribution < 1.29 is 9.13 Å². The van der Waals surface area contributed by atoms with Crippen LogP contribution >= 0.6 is 24.0 Å². The lowest BCUT2D eigenvalue weighted by Gasteiger charge is -2.14. The Hall–Kier alpha value is -2.62. The molecule has 1 aromatic heterocycles. The number of aliphatic imine (C=N–C) groups is 1. The largest absolute Gasteiger partial charge is 0.491 e. The number of aryl methyl sites for hydroxylation is 1. The third-order valence-corrected chi connectivity index (χ3v) is 4.56. The highest BCUT2D eigenvalue weighted by molar-refractivity contribution is 14.0. The summed E-state index contributed by atoms with van der Waals surface area (Å²) in [6, 6.07) is 14.6. The number of ether oxygens (including phenoxy) is 1. The van der Waals surface area contributed by atoms with Gasteiger partial charge in [0.05, 0.1) is 12.3 Å². The number of benzene rings is 2. The first-order valence-corrected chi connectivity index (χ1v) is 10.5. The number of hydrogen-bond acceptors (Lipinski definition) is 3. The second-order valence-corrected chi connectivity index (χ2v) is 7.59. The number of aromatic nitrogens is 2. The van der Waals surface area contributed by atoms with Gasteiger partial charge in [-0.05, 0) is 68.1 Å². The van der Waals surface area contributed by atoms with Crippen LogP contribution < -0.4 is 15.4 Å². The fraction of sp³-hybridized carbons (Fsp3) is 0.333. The standard InChI is InChI=1S/C24H30FN5O.HI/c1-18(2)31-22-10-8-21(9-11-22)29-24(26-14-12-19-16-28-30(3)17-19)27-15-13-20-6-4-5-7-23(20)25;/h4-11,16-18H,12-15H2,1-3H3,(H2,26,27,29);1H. The monoisotopic (exact) mass is 551 g/mol. The zero-order chi connectivity index (χ0) is 22.1. The Kier molecular flexibility index (Phi) is 10.5. The lowest BCUT2D eigenvalue weighted by Crippen LogP contribution is -2.32. The molecule has 6 nitrogen and oxygen atoms in total. The molecule has 0 amide bonds. The number of rotatable bonds is 9. The van der Waals surface area contributed by atoms with Gasteiger partial charge >= 0.3 is 0 Å². The van der Waals surface area contributed by atoms with Crippen LogP contribution in [0.25, 0.3) is 0 Å². The van der Waals surface area contributed by atoms with E-state index in [0.717, 1.165) is 23.4 Å². The number of guanidine groups is 1. The average Bonchev–Trinajstić information content (AvgIpc) is 3.15. The van der Waals surface area contributed by atoms with Gasteiger partial charge in [-0.25, -0.2) is 4.39 Å². The highest BCUT2D eigenvalue weighted by Gasteiger charge is 2.05. The minimum Gasteiger partial charge on any atom is -0.491 e. The van der Waals surface area contributed by atoms with E-state index in [9.17, 15) is 4.39 Å². The first-order valence-electron chi connectivity index (χ1n) is 10.5. The van der Waals surface area contributed by atoms with Crippen molar-refractivity contribution in [3.05, 3.63) is 77.9 Å². The molecule has 0 aliphatic carbocycles. The Bertz CT molecular complexity index is 988. The van der Waals surface area contributed by atoms with Gasteiger partial charge in [-0.1, -0.05) is 18.2 Å². The van der Waals surface area contributed by atoms with E-state index < -0.39 is 0 Å². The van der Waals surface area contributed by atoms with Crippen LogP contribution in [0.5, 0.6) is 5.75 Å². The third kappa shape index (κ3) is 8.49. The van der Waals surface area contributed by atoms with Crippen LogP contribution in [0.1, 0.15) is 25.0 Å². The Morgan fingerprint density at radius 3 is 2.53 bits per heavy atom. The van der Waals surface area contributed by atoms with Crippen molar-refractivity contribution in [1.29, 1.82) is 0 Å². The summed E-state index contributed by atoms with van der Waals surface area (Å²) in [5.41, 5.74) is 2.71. The number of hydrogen-bond donors (Lipinski definition) is 2. The minimum atomic E-state index is -0.197. The van der Waals surface area contributed by atoms with Gasteiger partial charge in [0.2, 0.25) is 0 Å². The predicted molar refractivity (Wildman–Crippen MR) is 139 cm³/mol. The highest BCUT2D eigenvalue weighted by Crippen LogP contribution is 2.17. The molecular weight excluding hydrogens is 520 g/mol. The first-order chi connectivity index (χ1) is 15.0. The summed E-state index contributed by atoms with van der Waals surface area (Å²) in [5.74, 6) is 1.28. The summed E-state index contributed by atoms with van der Waals surface area (Å²) in [6.45, 7) is 5.17. The molecule has 0 aliphatic rings. The van der Waals surface area contributed by atoms with E-state index in [1.165, 1.54) is 6.07 Å². The lowest BCUT2D eigenvalue weighted by atomic mass is 10.1. The minimum absolute atomic E-state index is 0. The lowest BCUT2D eigenvalue weighted by molar-refractivity contribution is 0.242. The SMILES string of the molecule is CC(C)Oc1ccc(NC(=NCCc2ccccc2F)NCCc2cnn(C)c2)cc1.I. The Morgan fingerprint density at radius 1 is 1.12 bits per heavy atom. The number of nitrogens with one attached hydrogen (secondary N) is 2. The van der Waals surface area contributed by atoms with E-state index in [1.807, 2.05) is 63.6 Å². The number of halogens is 2. The molecule has 0 unspecified atom stereocenters. The highest BCUT2D eigenvalue weighted by atomic mass is 127. The number of nitrogens with zero attached hydrogens (tertiary/aromatic N) is 3. The van der Waals surface area contributed by atoms with Gasteiger partial charge in [0.25, 0.3) is 0 Å². The Morgan fingerprint density at radius 2 is 1.88 bits per heavy atom. The molecule has 0 radical (unpaired) electrons. The summed E-state index contributed by atoms with van der Waals surface area (Å²) >= 11 is 0. The van der Waals surface area contributed by atoms with Gasteiger partial charge in [-0.3, -0.25) is 9.67 Å². The third-order valence-electron chi connectivity index (χ3n) is 4.56. The molecule has 0 spiro atoms. The molecule has 172 valence electrons. The van der Waals surface area contributed by atoms with Gasteiger partial charge in [0, 0.05) is 32.0 Å². The van der Waals surface area contributed by atoms with Crippen molar-refractivity contribution in [3.8, 4) is 5.75 Å². The van der Waals surface area contributed by atoms with Crippen molar-refractivity contribution in [2.24, 2.45) is 12.0 Å². The molecular formula is C24H31FIN5O. The summed E-state index contributed by atoms with van der Waals surface area (Å²) in [7, 11) is 1.90. The molecule has 0 saturated carbocycles. The molecule has 0 aliphatic heterocycles. The molecule has 32 heavy (non-hydrogen) atoms. The molecule has 2 aromatic carbocycles.